The second-order valence-electron chi connectivity index (χ2n) is 8.86. The molecule has 0 saturated heterocycles. The lowest BCUT2D eigenvalue weighted by Crippen LogP contribution is -2.47. The number of carboxylic acid groups (broad SMARTS) is 1. The smallest absolute Gasteiger partial charge is 0.330 e. The average molecular weight is 363 g/mol. The number of carboxylic acids is 1. The molecule has 0 aliphatic heterocycles. The Labute approximate surface area is 157 Å². The Morgan fingerprint density at radius 3 is 2.62 bits per heavy atom. The van der Waals surface area contributed by atoms with Crippen LogP contribution >= 0.6 is 0 Å². The van der Waals surface area contributed by atoms with Gasteiger partial charge in [0.15, 0.2) is 0 Å². The largest absolute Gasteiger partial charge is 0.481 e. The third-order valence-electron chi connectivity index (χ3n) is 6.96. The van der Waals surface area contributed by atoms with E-state index in [2.05, 4.69) is 20.8 Å². The van der Waals surface area contributed by atoms with E-state index in [0.29, 0.717) is 5.92 Å². The maximum atomic E-state index is 11.5. The van der Waals surface area contributed by atoms with Gasteiger partial charge in [0.2, 0.25) is 0 Å². The molecule has 0 spiro atoms. The Bertz CT molecular complexity index is 630. The highest BCUT2D eigenvalue weighted by Gasteiger charge is 2.52. The topological polar surface area (TPSA) is 63.6 Å². The van der Waals surface area contributed by atoms with Crippen LogP contribution in [0.5, 0.6) is 0 Å². The summed E-state index contributed by atoms with van der Waals surface area (Å²) in [4.78, 5) is 22.9. The first-order chi connectivity index (χ1) is 12.1. The molecule has 0 aromatic rings. The van der Waals surface area contributed by atoms with Crippen LogP contribution in [-0.4, -0.2) is 24.2 Å². The summed E-state index contributed by atoms with van der Waals surface area (Å²) in [6, 6.07) is 0. The van der Waals surface area contributed by atoms with E-state index in [1.54, 1.807) is 6.08 Å². The van der Waals surface area contributed by atoms with Gasteiger partial charge < -0.3 is 9.84 Å². The number of ether oxygens (including phenoxy) is 1. The number of fused-ring (bicyclic) bond motifs is 1. The van der Waals surface area contributed by atoms with Gasteiger partial charge >= 0.3 is 11.9 Å². The summed E-state index contributed by atoms with van der Waals surface area (Å²) in [6.07, 6.45) is 9.02. The second-order valence-corrected chi connectivity index (χ2v) is 8.86. The van der Waals surface area contributed by atoms with Crippen LogP contribution in [0.2, 0.25) is 0 Å². The Morgan fingerprint density at radius 2 is 2.00 bits per heavy atom. The highest BCUT2D eigenvalue weighted by atomic mass is 16.5. The fourth-order valence-electron chi connectivity index (χ4n) is 5.71. The van der Waals surface area contributed by atoms with E-state index < -0.39 is 5.97 Å². The van der Waals surface area contributed by atoms with Crippen LogP contribution < -0.4 is 0 Å². The third kappa shape index (κ3) is 4.21. The first-order valence-electron chi connectivity index (χ1n) is 9.78. The van der Waals surface area contributed by atoms with Gasteiger partial charge in [-0.05, 0) is 69.1 Å². The van der Waals surface area contributed by atoms with Gasteiger partial charge in [0.05, 0.1) is 13.5 Å². The Kier molecular flexibility index (Phi) is 6.36. The molecule has 2 aliphatic rings. The number of methoxy groups -OCH3 is 1. The zero-order chi connectivity index (χ0) is 19.5. The van der Waals surface area contributed by atoms with Gasteiger partial charge in [-0.3, -0.25) is 4.79 Å². The lowest BCUT2D eigenvalue weighted by Gasteiger charge is -2.56. The number of carbonyl (C=O) groups excluding carboxylic acids is 1. The number of aliphatic carboxylic acids is 1. The summed E-state index contributed by atoms with van der Waals surface area (Å²) in [5.74, 6) is -0.558. The summed E-state index contributed by atoms with van der Waals surface area (Å²) >= 11 is 0. The average Bonchev–Trinajstić information content (AvgIpc) is 2.52. The molecule has 146 valence electrons. The van der Waals surface area contributed by atoms with Crippen LogP contribution in [0.3, 0.4) is 0 Å². The Morgan fingerprint density at radius 1 is 1.31 bits per heavy atom. The first kappa shape index (κ1) is 20.7. The molecule has 2 aliphatic carbocycles. The number of carbonyl (C=O) groups is 2. The molecule has 4 nitrogen and oxygen atoms in total. The summed E-state index contributed by atoms with van der Waals surface area (Å²) in [6.45, 7) is 8.75. The molecule has 1 saturated carbocycles. The van der Waals surface area contributed by atoms with Crippen molar-refractivity contribution in [3.05, 3.63) is 22.8 Å². The minimum Gasteiger partial charge on any atom is -0.481 e. The van der Waals surface area contributed by atoms with E-state index in [1.165, 1.54) is 18.3 Å². The Hall–Kier alpha value is -1.58. The summed E-state index contributed by atoms with van der Waals surface area (Å²) < 4.78 is 4.72. The van der Waals surface area contributed by atoms with Crippen LogP contribution in [0.25, 0.3) is 0 Å². The van der Waals surface area contributed by atoms with E-state index >= 15 is 0 Å². The fraction of sp³-hybridized carbons (Fsp3) is 0.727. The van der Waals surface area contributed by atoms with E-state index in [0.717, 1.165) is 50.5 Å². The van der Waals surface area contributed by atoms with Crippen molar-refractivity contribution in [2.75, 3.05) is 7.11 Å². The molecule has 2 rings (SSSR count). The van der Waals surface area contributed by atoms with Crippen LogP contribution in [0.15, 0.2) is 22.8 Å². The molecule has 0 heterocycles. The molecule has 0 aromatic carbocycles. The number of allylic oxidation sites excluding steroid dienone is 3. The van der Waals surface area contributed by atoms with Crippen molar-refractivity contribution < 1.29 is 19.4 Å². The fourth-order valence-corrected chi connectivity index (χ4v) is 5.71. The summed E-state index contributed by atoms with van der Waals surface area (Å²) in [5, 5.41) is 9.44. The molecule has 4 heteroatoms. The van der Waals surface area contributed by atoms with E-state index in [4.69, 9.17) is 4.74 Å². The molecule has 0 bridgehead atoms. The molecule has 3 atom stereocenters. The lowest BCUT2D eigenvalue weighted by molar-refractivity contribution is -0.143. The SMILES string of the molecule is COC(=O)/C=C(\C)CCC1=C(C)CC[C@H]2[C@](C)(CC(=O)O)CCC[C@]12C. The van der Waals surface area contributed by atoms with Gasteiger partial charge in [0, 0.05) is 6.08 Å². The second kappa shape index (κ2) is 7.98. The lowest BCUT2D eigenvalue weighted by atomic mass is 9.48. The van der Waals surface area contributed by atoms with Crippen LogP contribution in [0, 0.1) is 16.7 Å². The molecule has 1 fully saturated rings. The molecule has 0 aromatic heterocycles. The molecule has 0 unspecified atom stereocenters. The third-order valence-corrected chi connectivity index (χ3v) is 6.96. The van der Waals surface area contributed by atoms with Gasteiger partial charge in [-0.25, -0.2) is 4.79 Å². The Balaban J connectivity index is 2.25. The van der Waals surface area contributed by atoms with Crippen LogP contribution in [0.1, 0.15) is 79.1 Å². The molecule has 0 radical (unpaired) electrons. The summed E-state index contributed by atoms with van der Waals surface area (Å²) in [7, 11) is 1.40. The predicted octanol–water partition coefficient (Wildman–Crippen LogP) is 5.28. The molecule has 1 N–H and O–H groups in total. The van der Waals surface area contributed by atoms with Crippen molar-refractivity contribution in [3.63, 3.8) is 0 Å². The van der Waals surface area contributed by atoms with Gasteiger partial charge in [0.25, 0.3) is 0 Å². The quantitative estimate of drug-likeness (QED) is 0.396. The van der Waals surface area contributed by atoms with Crippen molar-refractivity contribution in [2.24, 2.45) is 16.7 Å². The molecule has 0 amide bonds. The maximum Gasteiger partial charge on any atom is 0.330 e. The standard InChI is InChI=1S/C22H34O4/c1-15(13-20(25)26-5)7-9-17-16(2)8-10-18-21(3,14-19(23)24)11-6-12-22(17,18)4/h13,18H,6-12,14H2,1-5H3,(H,23,24)/b15-13+/t18-,21-,22+/m0/s1. The number of esters is 1. The highest BCUT2D eigenvalue weighted by Crippen LogP contribution is 2.61. The van der Waals surface area contributed by atoms with E-state index in [-0.39, 0.29) is 23.2 Å². The van der Waals surface area contributed by atoms with Gasteiger partial charge in [-0.15, -0.1) is 0 Å². The van der Waals surface area contributed by atoms with E-state index in [1.807, 2.05) is 6.92 Å². The van der Waals surface area contributed by atoms with Gasteiger partial charge in [-0.2, -0.15) is 0 Å². The number of hydrogen-bond acceptors (Lipinski definition) is 3. The predicted molar refractivity (Wildman–Crippen MR) is 103 cm³/mol. The maximum absolute atomic E-state index is 11.5. The molecule has 26 heavy (non-hydrogen) atoms. The van der Waals surface area contributed by atoms with Crippen molar-refractivity contribution >= 4 is 11.9 Å². The van der Waals surface area contributed by atoms with Crippen molar-refractivity contribution in [2.45, 2.75) is 79.1 Å². The van der Waals surface area contributed by atoms with Gasteiger partial charge in [0.1, 0.15) is 0 Å². The first-order valence-corrected chi connectivity index (χ1v) is 9.78. The van der Waals surface area contributed by atoms with Crippen molar-refractivity contribution in [1.82, 2.24) is 0 Å². The monoisotopic (exact) mass is 362 g/mol. The highest BCUT2D eigenvalue weighted by molar-refractivity contribution is 5.82. The molecular weight excluding hydrogens is 328 g/mol. The van der Waals surface area contributed by atoms with E-state index in [9.17, 15) is 14.7 Å². The zero-order valence-electron chi connectivity index (χ0n) is 17.0. The normalized spacial score (nSPS) is 32.2. The van der Waals surface area contributed by atoms with Crippen molar-refractivity contribution in [3.8, 4) is 0 Å². The number of rotatable bonds is 6. The van der Waals surface area contributed by atoms with Crippen LogP contribution in [-0.2, 0) is 14.3 Å². The zero-order valence-corrected chi connectivity index (χ0v) is 17.0. The number of hydrogen-bond donors (Lipinski definition) is 1. The van der Waals surface area contributed by atoms with Crippen molar-refractivity contribution in [1.29, 1.82) is 0 Å². The van der Waals surface area contributed by atoms with Gasteiger partial charge in [-0.1, -0.05) is 37.0 Å². The van der Waals surface area contributed by atoms with Crippen LogP contribution in [0.4, 0.5) is 0 Å². The molecular formula is C22H34O4. The minimum atomic E-state index is -0.679. The minimum absolute atomic E-state index is 0.0797. The summed E-state index contributed by atoms with van der Waals surface area (Å²) in [5.41, 5.74) is 3.96.